The molecule has 0 atom stereocenters. The van der Waals surface area contributed by atoms with Gasteiger partial charge in [-0.2, -0.15) is 4.31 Å². The lowest BCUT2D eigenvalue weighted by molar-refractivity contribution is 0.0661. The van der Waals surface area contributed by atoms with E-state index in [-0.39, 0.29) is 16.1 Å². The molecule has 0 aliphatic rings. The minimum Gasteiger partial charge on any atom is -0.475 e. The summed E-state index contributed by atoms with van der Waals surface area (Å²) < 4.78 is 30.6. The van der Waals surface area contributed by atoms with E-state index >= 15 is 0 Å². The minimum atomic E-state index is -3.82. The second-order valence-electron chi connectivity index (χ2n) is 3.89. The largest absolute Gasteiger partial charge is 0.475 e. The predicted octanol–water partition coefficient (Wildman–Crippen LogP) is 2.62. The first-order valence-electron chi connectivity index (χ1n) is 5.33. The molecule has 0 radical (unpaired) electrons. The number of hydrogen-bond acceptors (Lipinski definition) is 5. The van der Waals surface area contributed by atoms with E-state index in [0.29, 0.717) is 0 Å². The molecule has 20 heavy (non-hydrogen) atoms. The Bertz CT molecular complexity index is 720. The van der Waals surface area contributed by atoms with Crippen molar-refractivity contribution in [2.45, 2.75) is 11.4 Å². The number of carboxylic acids is 1. The second-order valence-corrected chi connectivity index (χ2v) is 7.66. The van der Waals surface area contributed by atoms with Crippen molar-refractivity contribution >= 4 is 43.3 Å². The monoisotopic (exact) mass is 379 g/mol. The SMILES string of the molecule is CN(Cc1cccs1)S(=O)(=O)c1cc(C(=O)O)oc1Br. The molecular weight excluding hydrogens is 370 g/mol. The maximum atomic E-state index is 12.4. The fourth-order valence-corrected chi connectivity index (χ4v) is 4.39. The average Bonchev–Trinajstić information content (AvgIpc) is 2.98. The van der Waals surface area contributed by atoms with Crippen LogP contribution in [0.3, 0.4) is 0 Å². The standard InChI is InChI=1S/C11H10BrNO5S2/c1-13(6-7-3-2-4-19-7)20(16,17)9-5-8(11(14)15)18-10(9)12/h2-5H,6H2,1H3,(H,14,15). The minimum absolute atomic E-state index is 0.118. The molecule has 0 amide bonds. The van der Waals surface area contributed by atoms with Gasteiger partial charge >= 0.3 is 5.97 Å². The van der Waals surface area contributed by atoms with Gasteiger partial charge in [0.1, 0.15) is 4.90 Å². The third-order valence-corrected chi connectivity index (χ3v) is 6.03. The summed E-state index contributed by atoms with van der Waals surface area (Å²) >= 11 is 4.38. The third-order valence-electron chi connectivity index (χ3n) is 2.51. The van der Waals surface area contributed by atoms with Gasteiger partial charge < -0.3 is 9.52 Å². The number of furan rings is 1. The summed E-state index contributed by atoms with van der Waals surface area (Å²) in [6.07, 6.45) is 0. The van der Waals surface area contributed by atoms with Gasteiger partial charge in [-0.1, -0.05) is 6.07 Å². The molecule has 0 aromatic carbocycles. The molecule has 0 fully saturated rings. The normalized spacial score (nSPS) is 11.9. The Morgan fingerprint density at radius 2 is 2.25 bits per heavy atom. The van der Waals surface area contributed by atoms with Crippen LogP contribution in [0.5, 0.6) is 0 Å². The van der Waals surface area contributed by atoms with Crippen LogP contribution in [0.25, 0.3) is 0 Å². The van der Waals surface area contributed by atoms with Crippen molar-refractivity contribution in [3.8, 4) is 0 Å². The smallest absolute Gasteiger partial charge is 0.371 e. The van der Waals surface area contributed by atoms with Crippen LogP contribution < -0.4 is 0 Å². The van der Waals surface area contributed by atoms with Crippen LogP contribution >= 0.6 is 27.3 Å². The van der Waals surface area contributed by atoms with E-state index in [2.05, 4.69) is 15.9 Å². The van der Waals surface area contributed by atoms with Gasteiger partial charge in [-0.25, -0.2) is 13.2 Å². The summed E-state index contributed by atoms with van der Waals surface area (Å²) in [4.78, 5) is 11.5. The van der Waals surface area contributed by atoms with Gasteiger partial charge in [0.25, 0.3) is 0 Å². The highest BCUT2D eigenvalue weighted by molar-refractivity contribution is 9.10. The van der Waals surface area contributed by atoms with Gasteiger partial charge in [0, 0.05) is 24.5 Å². The molecule has 2 aromatic rings. The molecule has 2 aromatic heterocycles. The van der Waals surface area contributed by atoms with Crippen molar-refractivity contribution in [2.75, 3.05) is 7.05 Å². The molecule has 6 nitrogen and oxygen atoms in total. The fraction of sp³-hybridized carbons (Fsp3) is 0.182. The maximum absolute atomic E-state index is 12.4. The number of thiophene rings is 1. The highest BCUT2D eigenvalue weighted by atomic mass is 79.9. The van der Waals surface area contributed by atoms with Crippen LogP contribution in [0.4, 0.5) is 0 Å². The highest BCUT2D eigenvalue weighted by Crippen LogP contribution is 2.29. The lowest BCUT2D eigenvalue weighted by atomic mass is 10.5. The van der Waals surface area contributed by atoms with Crippen molar-refractivity contribution in [3.63, 3.8) is 0 Å². The molecule has 0 aliphatic carbocycles. The molecule has 0 saturated heterocycles. The summed E-state index contributed by atoms with van der Waals surface area (Å²) in [5.41, 5.74) is 0. The van der Waals surface area contributed by atoms with Crippen LogP contribution in [-0.4, -0.2) is 30.8 Å². The van der Waals surface area contributed by atoms with Crippen molar-refractivity contribution in [1.82, 2.24) is 4.31 Å². The molecule has 9 heteroatoms. The summed E-state index contributed by atoms with van der Waals surface area (Å²) in [7, 11) is -2.40. The van der Waals surface area contributed by atoms with Gasteiger partial charge in [-0.05, 0) is 27.4 Å². The average molecular weight is 380 g/mol. The number of nitrogens with zero attached hydrogens (tertiary/aromatic N) is 1. The number of rotatable bonds is 5. The lowest BCUT2D eigenvalue weighted by Gasteiger charge is -2.15. The molecule has 2 heterocycles. The van der Waals surface area contributed by atoms with Gasteiger partial charge in [-0.3, -0.25) is 0 Å². The van der Waals surface area contributed by atoms with Gasteiger partial charge in [0.2, 0.25) is 15.8 Å². The fourth-order valence-electron chi connectivity index (χ4n) is 1.51. The molecule has 0 bridgehead atoms. The number of sulfonamides is 1. The van der Waals surface area contributed by atoms with Crippen LogP contribution in [0.1, 0.15) is 15.4 Å². The Kier molecular flexibility index (Phi) is 4.33. The van der Waals surface area contributed by atoms with Crippen molar-refractivity contribution in [1.29, 1.82) is 0 Å². The summed E-state index contributed by atoms with van der Waals surface area (Å²) in [5.74, 6) is -1.76. The number of aromatic carboxylic acids is 1. The van der Waals surface area contributed by atoms with E-state index in [0.717, 1.165) is 15.2 Å². The molecular formula is C11H10BrNO5S2. The second kappa shape index (κ2) is 5.68. The van der Waals surface area contributed by atoms with Gasteiger partial charge in [-0.15, -0.1) is 11.3 Å². The zero-order valence-corrected chi connectivity index (χ0v) is 13.5. The van der Waals surface area contributed by atoms with Crippen LogP contribution in [0.15, 0.2) is 37.6 Å². The first kappa shape index (κ1) is 15.2. The zero-order valence-electron chi connectivity index (χ0n) is 10.2. The van der Waals surface area contributed by atoms with E-state index < -0.39 is 21.8 Å². The Hall–Kier alpha value is -1.16. The first-order valence-corrected chi connectivity index (χ1v) is 8.45. The summed E-state index contributed by atoms with van der Waals surface area (Å²) in [6.45, 7) is 0.208. The number of hydrogen-bond donors (Lipinski definition) is 1. The summed E-state index contributed by atoms with van der Waals surface area (Å²) in [6, 6.07) is 4.65. The summed E-state index contributed by atoms with van der Waals surface area (Å²) in [5, 5.41) is 10.7. The van der Waals surface area contributed by atoms with Crippen molar-refractivity contribution in [3.05, 3.63) is 38.9 Å². The number of halogens is 1. The van der Waals surface area contributed by atoms with E-state index in [1.165, 1.54) is 18.4 Å². The first-order chi connectivity index (χ1) is 9.32. The molecule has 0 unspecified atom stereocenters. The zero-order chi connectivity index (χ0) is 14.9. The van der Waals surface area contributed by atoms with Crippen LogP contribution in [0, 0.1) is 0 Å². The molecule has 108 valence electrons. The Morgan fingerprint density at radius 1 is 1.55 bits per heavy atom. The van der Waals surface area contributed by atoms with Crippen LogP contribution in [0.2, 0.25) is 0 Å². The number of carbonyl (C=O) groups is 1. The van der Waals surface area contributed by atoms with E-state index in [1.54, 1.807) is 0 Å². The molecule has 2 rings (SSSR count). The van der Waals surface area contributed by atoms with E-state index in [4.69, 9.17) is 9.52 Å². The molecule has 0 aliphatic heterocycles. The lowest BCUT2D eigenvalue weighted by Crippen LogP contribution is -2.26. The van der Waals surface area contributed by atoms with E-state index in [1.807, 2.05) is 17.5 Å². The molecule has 0 saturated carbocycles. The van der Waals surface area contributed by atoms with Crippen molar-refractivity contribution < 1.29 is 22.7 Å². The number of carboxylic acid groups (broad SMARTS) is 1. The van der Waals surface area contributed by atoms with Gasteiger partial charge in [0.15, 0.2) is 4.67 Å². The van der Waals surface area contributed by atoms with Crippen LogP contribution in [-0.2, 0) is 16.6 Å². The van der Waals surface area contributed by atoms with Gasteiger partial charge in [0.05, 0.1) is 0 Å². The quantitative estimate of drug-likeness (QED) is 0.862. The van der Waals surface area contributed by atoms with Crippen molar-refractivity contribution in [2.24, 2.45) is 0 Å². The Morgan fingerprint density at radius 3 is 2.75 bits per heavy atom. The predicted molar refractivity (Wildman–Crippen MR) is 76.3 cm³/mol. The Balaban J connectivity index is 2.32. The molecule has 1 N–H and O–H groups in total. The highest BCUT2D eigenvalue weighted by Gasteiger charge is 2.28. The molecule has 0 spiro atoms. The third kappa shape index (κ3) is 2.95. The maximum Gasteiger partial charge on any atom is 0.371 e. The van der Waals surface area contributed by atoms with E-state index in [9.17, 15) is 13.2 Å². The Labute approximate surface area is 127 Å². The topological polar surface area (TPSA) is 87.8 Å².